The highest BCUT2D eigenvalue weighted by Crippen LogP contribution is 2.38. The predicted octanol–water partition coefficient (Wildman–Crippen LogP) is 6.51. The Kier molecular flexibility index (Phi) is 8.55. The van der Waals surface area contributed by atoms with Crippen LogP contribution in [0.2, 0.25) is 5.02 Å². The van der Waals surface area contributed by atoms with E-state index in [0.717, 1.165) is 41.7 Å². The number of fused-ring (bicyclic) bond motifs is 1. The number of hydrogen-bond acceptors (Lipinski definition) is 6. The molecule has 0 unspecified atom stereocenters. The molecule has 3 aromatic carbocycles. The van der Waals surface area contributed by atoms with Crippen LogP contribution in [0.15, 0.2) is 54.6 Å². The summed E-state index contributed by atoms with van der Waals surface area (Å²) in [6, 6.07) is 14.9. The van der Waals surface area contributed by atoms with Gasteiger partial charge < -0.3 is 19.9 Å². The number of nitro benzene ring substituents is 1. The molecule has 1 aliphatic heterocycles. The number of rotatable bonds is 7. The smallest absolute Gasteiger partial charge is 0.382 e. The fraction of sp³-hybridized carbons (Fsp3) is 0.414. The molecule has 1 N–H and O–H groups in total. The lowest BCUT2D eigenvalue weighted by Gasteiger charge is -2.36. The molecule has 0 atom stereocenters. The van der Waals surface area contributed by atoms with Crippen LogP contribution >= 0.6 is 11.6 Å². The second kappa shape index (κ2) is 12.1. The number of ether oxygens (including phenoxy) is 1. The lowest BCUT2D eigenvalue weighted by atomic mass is 9.92. The van der Waals surface area contributed by atoms with Gasteiger partial charge in [-0.05, 0) is 72.9 Å². The Labute approximate surface area is 240 Å². The zero-order valence-corrected chi connectivity index (χ0v) is 23.0. The highest BCUT2D eigenvalue weighted by Gasteiger charge is 2.38. The molecule has 1 aliphatic carbocycles. The normalized spacial score (nSPS) is 19.8. The summed E-state index contributed by atoms with van der Waals surface area (Å²) in [4.78, 5) is 26.8. The molecule has 1 saturated carbocycles. The van der Waals surface area contributed by atoms with E-state index in [1.165, 1.54) is 6.07 Å². The number of carbonyl (C=O) groups is 1. The first-order chi connectivity index (χ1) is 19.6. The number of nitrogens with zero attached hydrogens (tertiary/aromatic N) is 3. The fourth-order valence-corrected chi connectivity index (χ4v) is 5.70. The van der Waals surface area contributed by atoms with E-state index in [1.807, 2.05) is 23.1 Å². The molecule has 41 heavy (non-hydrogen) atoms. The van der Waals surface area contributed by atoms with E-state index < -0.39 is 22.4 Å². The van der Waals surface area contributed by atoms with Gasteiger partial charge in [-0.25, -0.2) is 0 Å². The number of anilines is 2. The minimum Gasteiger partial charge on any atom is -0.382 e. The Hall–Kier alpha value is -3.57. The fourth-order valence-electron chi connectivity index (χ4n) is 5.52. The third kappa shape index (κ3) is 7.02. The van der Waals surface area contributed by atoms with Gasteiger partial charge >= 0.3 is 6.18 Å². The van der Waals surface area contributed by atoms with Crippen LogP contribution in [0.1, 0.15) is 31.2 Å². The maximum absolute atomic E-state index is 13.3. The van der Waals surface area contributed by atoms with Crippen LogP contribution in [0.25, 0.3) is 10.8 Å². The topological polar surface area (TPSA) is 87.9 Å². The first-order valence-corrected chi connectivity index (χ1v) is 13.9. The van der Waals surface area contributed by atoms with E-state index in [-0.39, 0.29) is 30.3 Å². The monoisotopic (exact) mass is 590 g/mol. The van der Waals surface area contributed by atoms with Crippen LogP contribution in [0.4, 0.5) is 30.2 Å². The SMILES string of the molecule is O=C(COC1CCC(Nc2ccc([N+](=O)[O-])c(C(F)(F)F)c2)CC1)N1CCN(c2ccc3cc(Cl)ccc3c2)CC1. The van der Waals surface area contributed by atoms with Crippen LogP contribution in [0.5, 0.6) is 0 Å². The van der Waals surface area contributed by atoms with Gasteiger partial charge in [-0.15, -0.1) is 0 Å². The second-order valence-corrected chi connectivity index (χ2v) is 10.9. The lowest BCUT2D eigenvalue weighted by Crippen LogP contribution is -2.50. The van der Waals surface area contributed by atoms with Gasteiger partial charge in [0.2, 0.25) is 5.91 Å². The predicted molar refractivity (Wildman–Crippen MR) is 151 cm³/mol. The lowest BCUT2D eigenvalue weighted by molar-refractivity contribution is -0.388. The van der Waals surface area contributed by atoms with E-state index in [0.29, 0.717) is 43.8 Å². The minimum atomic E-state index is -4.82. The molecule has 0 spiro atoms. The summed E-state index contributed by atoms with van der Waals surface area (Å²) in [6.07, 6.45) is -2.32. The van der Waals surface area contributed by atoms with Crippen molar-refractivity contribution >= 4 is 45.3 Å². The third-order valence-electron chi connectivity index (χ3n) is 7.77. The summed E-state index contributed by atoms with van der Waals surface area (Å²) in [7, 11) is 0. The van der Waals surface area contributed by atoms with Gasteiger partial charge in [-0.3, -0.25) is 14.9 Å². The Morgan fingerprint density at radius 1 is 0.976 bits per heavy atom. The summed E-state index contributed by atoms with van der Waals surface area (Å²) >= 11 is 6.08. The van der Waals surface area contributed by atoms with Crippen LogP contribution in [-0.2, 0) is 15.7 Å². The van der Waals surface area contributed by atoms with Gasteiger partial charge in [0.05, 0.1) is 11.0 Å². The van der Waals surface area contributed by atoms with E-state index >= 15 is 0 Å². The van der Waals surface area contributed by atoms with Crippen molar-refractivity contribution in [3.05, 3.63) is 75.3 Å². The van der Waals surface area contributed by atoms with E-state index in [9.17, 15) is 28.1 Å². The van der Waals surface area contributed by atoms with Crippen molar-refractivity contribution in [2.75, 3.05) is 43.0 Å². The highest BCUT2D eigenvalue weighted by atomic mass is 35.5. The number of halogens is 4. The maximum atomic E-state index is 13.3. The van der Waals surface area contributed by atoms with Crippen LogP contribution in [0, 0.1) is 10.1 Å². The minimum absolute atomic E-state index is 0.00318. The molecule has 1 heterocycles. The molecular weight excluding hydrogens is 561 g/mol. The van der Waals surface area contributed by atoms with Crippen molar-refractivity contribution in [2.45, 2.75) is 44.0 Å². The molecule has 12 heteroatoms. The van der Waals surface area contributed by atoms with Crippen molar-refractivity contribution in [3.8, 4) is 0 Å². The standard InChI is InChI=1S/C29H30ClF3N4O4/c30-21-3-1-20-16-24(7-2-19(20)15-21)35-11-13-36(14-12-35)28(38)18-41-25-8-4-22(5-9-25)34-23-6-10-27(37(39)40)26(17-23)29(31,32)33/h1-3,6-7,10,15-17,22,25,34H,4-5,8-9,11-14,18H2. The molecule has 0 aromatic heterocycles. The van der Waals surface area contributed by atoms with Gasteiger partial charge in [0.1, 0.15) is 12.2 Å². The number of piperazine rings is 1. The number of benzene rings is 3. The Bertz CT molecular complexity index is 1420. The molecule has 218 valence electrons. The van der Waals surface area contributed by atoms with E-state index in [4.69, 9.17) is 16.3 Å². The van der Waals surface area contributed by atoms with Crippen molar-refractivity contribution in [1.29, 1.82) is 0 Å². The number of nitro groups is 1. The molecule has 3 aromatic rings. The zero-order valence-electron chi connectivity index (χ0n) is 22.2. The summed E-state index contributed by atoms with van der Waals surface area (Å²) in [5.41, 5.74) is -0.941. The van der Waals surface area contributed by atoms with Crippen LogP contribution in [0.3, 0.4) is 0 Å². The molecule has 2 fully saturated rings. The Morgan fingerprint density at radius 2 is 1.66 bits per heavy atom. The number of alkyl halides is 3. The average molecular weight is 591 g/mol. The van der Waals surface area contributed by atoms with Gasteiger partial charge in [0.15, 0.2) is 0 Å². The Balaban J connectivity index is 1.05. The van der Waals surface area contributed by atoms with Gasteiger partial charge in [-0.1, -0.05) is 23.7 Å². The first kappa shape index (κ1) is 28.9. The molecular formula is C29H30ClF3N4O4. The molecule has 2 aliphatic rings. The number of hydrogen-bond donors (Lipinski definition) is 1. The van der Waals surface area contributed by atoms with E-state index in [2.05, 4.69) is 28.4 Å². The molecule has 0 bridgehead atoms. The molecule has 0 radical (unpaired) electrons. The molecule has 1 saturated heterocycles. The number of amides is 1. The van der Waals surface area contributed by atoms with Crippen LogP contribution in [-0.4, -0.2) is 60.7 Å². The quantitative estimate of drug-likeness (QED) is 0.249. The Morgan fingerprint density at radius 3 is 2.34 bits per heavy atom. The first-order valence-electron chi connectivity index (χ1n) is 13.5. The number of nitrogens with one attached hydrogen (secondary N) is 1. The van der Waals surface area contributed by atoms with Crippen LogP contribution < -0.4 is 10.2 Å². The maximum Gasteiger partial charge on any atom is 0.423 e. The molecule has 8 nitrogen and oxygen atoms in total. The molecule has 5 rings (SSSR count). The second-order valence-electron chi connectivity index (χ2n) is 10.5. The van der Waals surface area contributed by atoms with Crippen molar-refractivity contribution < 1.29 is 27.6 Å². The van der Waals surface area contributed by atoms with Gasteiger partial charge in [-0.2, -0.15) is 13.2 Å². The van der Waals surface area contributed by atoms with Crippen molar-refractivity contribution in [1.82, 2.24) is 4.90 Å². The average Bonchev–Trinajstić information content (AvgIpc) is 2.96. The van der Waals surface area contributed by atoms with Gasteiger partial charge in [0, 0.05) is 54.7 Å². The zero-order chi connectivity index (χ0) is 29.1. The van der Waals surface area contributed by atoms with E-state index in [1.54, 1.807) is 0 Å². The summed E-state index contributed by atoms with van der Waals surface area (Å²) in [5.74, 6) is -0.0522. The number of carbonyl (C=O) groups excluding carboxylic acids is 1. The largest absolute Gasteiger partial charge is 0.423 e. The summed E-state index contributed by atoms with van der Waals surface area (Å²) in [5, 5.41) is 16.9. The summed E-state index contributed by atoms with van der Waals surface area (Å²) < 4.78 is 45.7. The summed E-state index contributed by atoms with van der Waals surface area (Å²) in [6.45, 7) is 2.65. The van der Waals surface area contributed by atoms with Crippen molar-refractivity contribution in [2.24, 2.45) is 0 Å². The van der Waals surface area contributed by atoms with Gasteiger partial charge in [0.25, 0.3) is 5.69 Å². The highest BCUT2D eigenvalue weighted by molar-refractivity contribution is 6.31. The molecule has 1 amide bonds. The third-order valence-corrected chi connectivity index (χ3v) is 8.00. The van der Waals surface area contributed by atoms with Crippen molar-refractivity contribution in [3.63, 3.8) is 0 Å².